The lowest BCUT2D eigenvalue weighted by Crippen LogP contribution is -2.08. The number of hydrogen-bond acceptors (Lipinski definition) is 6. The molecule has 0 N–H and O–H groups in total. The van der Waals surface area contributed by atoms with Crippen molar-refractivity contribution >= 4 is 0 Å². The Kier molecular flexibility index (Phi) is 3.98. The molecule has 0 unspecified atom stereocenters. The highest BCUT2D eigenvalue weighted by molar-refractivity contribution is 5.57. The Morgan fingerprint density at radius 1 is 1.11 bits per heavy atom. The van der Waals surface area contributed by atoms with E-state index >= 15 is 0 Å². The van der Waals surface area contributed by atoms with Crippen LogP contribution in [0.25, 0.3) is 17.1 Å². The van der Waals surface area contributed by atoms with Gasteiger partial charge >= 0.3 is 6.18 Å². The predicted octanol–water partition coefficient (Wildman–Crippen LogP) is 2.66. The Morgan fingerprint density at radius 2 is 1.89 bits per heavy atom. The van der Waals surface area contributed by atoms with Crippen molar-refractivity contribution in [3.63, 3.8) is 0 Å². The molecule has 1 aromatic carbocycles. The fourth-order valence-electron chi connectivity index (χ4n) is 2.51. The lowest BCUT2D eigenvalue weighted by molar-refractivity contribution is -0.141. The third kappa shape index (κ3) is 3.43. The van der Waals surface area contributed by atoms with Crippen molar-refractivity contribution in [2.45, 2.75) is 12.6 Å². The molecule has 0 spiro atoms. The number of hydrogen-bond donors (Lipinski definition) is 0. The molecule has 0 bridgehead atoms. The number of aryl methyl sites for hydroxylation is 1. The van der Waals surface area contributed by atoms with Gasteiger partial charge < -0.3 is 4.52 Å². The summed E-state index contributed by atoms with van der Waals surface area (Å²) in [7, 11) is 1.39. The highest BCUT2D eigenvalue weighted by atomic mass is 19.4. The van der Waals surface area contributed by atoms with E-state index in [0.29, 0.717) is 5.69 Å². The standard InChI is InChI=1S/C16H12F3N7O/c1-25-9-12(14(23-25)16(17,18)19)15-21-13(27-24-15)7-10-8-20-26(22-10)11-5-3-2-4-6-11/h2-6,8-9H,7H2,1H3. The highest BCUT2D eigenvalue weighted by Crippen LogP contribution is 2.34. The smallest absolute Gasteiger partial charge is 0.339 e. The van der Waals surface area contributed by atoms with Gasteiger partial charge in [-0.15, -0.1) is 0 Å². The summed E-state index contributed by atoms with van der Waals surface area (Å²) in [6.07, 6.45) is -1.75. The predicted molar refractivity (Wildman–Crippen MR) is 85.7 cm³/mol. The summed E-state index contributed by atoms with van der Waals surface area (Å²) in [5.74, 6) is -0.0528. The second-order valence-corrected chi connectivity index (χ2v) is 5.71. The lowest BCUT2D eigenvalue weighted by atomic mass is 10.2. The third-order valence-electron chi connectivity index (χ3n) is 3.67. The van der Waals surface area contributed by atoms with Crippen molar-refractivity contribution < 1.29 is 17.7 Å². The minimum Gasteiger partial charge on any atom is -0.339 e. The molecule has 4 aromatic rings. The zero-order chi connectivity index (χ0) is 19.0. The molecule has 3 aromatic heterocycles. The van der Waals surface area contributed by atoms with E-state index in [1.54, 1.807) is 0 Å². The summed E-state index contributed by atoms with van der Waals surface area (Å²) in [5.41, 5.74) is 0.0109. The van der Waals surface area contributed by atoms with Crippen LogP contribution in [0, 0.1) is 0 Å². The molecule has 0 radical (unpaired) electrons. The Labute approximate surface area is 150 Å². The van der Waals surface area contributed by atoms with Crippen molar-refractivity contribution in [3.05, 3.63) is 60.0 Å². The summed E-state index contributed by atoms with van der Waals surface area (Å²) >= 11 is 0. The molecule has 138 valence electrons. The van der Waals surface area contributed by atoms with Gasteiger partial charge in [-0.2, -0.15) is 38.2 Å². The van der Waals surface area contributed by atoms with Crippen LogP contribution in [-0.4, -0.2) is 34.9 Å². The molecule has 3 heterocycles. The van der Waals surface area contributed by atoms with Crippen LogP contribution in [0.2, 0.25) is 0 Å². The highest BCUT2D eigenvalue weighted by Gasteiger charge is 2.38. The maximum absolute atomic E-state index is 13.1. The number of para-hydroxylation sites is 1. The van der Waals surface area contributed by atoms with Crippen LogP contribution in [0.3, 0.4) is 0 Å². The van der Waals surface area contributed by atoms with E-state index in [-0.39, 0.29) is 23.7 Å². The first kappa shape index (κ1) is 16.9. The molecule has 0 aliphatic carbocycles. The number of alkyl halides is 3. The molecule has 27 heavy (non-hydrogen) atoms. The van der Waals surface area contributed by atoms with Crippen molar-refractivity contribution in [1.82, 2.24) is 34.9 Å². The fraction of sp³-hybridized carbons (Fsp3) is 0.188. The number of benzene rings is 1. The van der Waals surface area contributed by atoms with Crippen molar-refractivity contribution in [1.29, 1.82) is 0 Å². The summed E-state index contributed by atoms with van der Waals surface area (Å²) in [4.78, 5) is 5.48. The van der Waals surface area contributed by atoms with E-state index in [2.05, 4.69) is 25.4 Å². The number of aromatic nitrogens is 7. The molecular formula is C16H12F3N7O. The zero-order valence-corrected chi connectivity index (χ0v) is 13.9. The van der Waals surface area contributed by atoms with Gasteiger partial charge in [0.2, 0.25) is 11.7 Å². The van der Waals surface area contributed by atoms with Crippen LogP contribution in [0.4, 0.5) is 13.2 Å². The third-order valence-corrected chi connectivity index (χ3v) is 3.67. The SMILES string of the molecule is Cn1cc(-c2noc(Cc3cnn(-c4ccccc4)n3)n2)c(C(F)(F)F)n1. The van der Waals surface area contributed by atoms with Gasteiger partial charge in [0.1, 0.15) is 0 Å². The largest absolute Gasteiger partial charge is 0.435 e. The van der Waals surface area contributed by atoms with Gasteiger partial charge in [0, 0.05) is 13.2 Å². The summed E-state index contributed by atoms with van der Waals surface area (Å²) in [5, 5.41) is 15.5. The first-order chi connectivity index (χ1) is 12.9. The van der Waals surface area contributed by atoms with Gasteiger partial charge in [0.25, 0.3) is 0 Å². The Bertz CT molecular complexity index is 1070. The van der Waals surface area contributed by atoms with Crippen molar-refractivity contribution in [2.24, 2.45) is 7.05 Å². The quantitative estimate of drug-likeness (QED) is 0.545. The van der Waals surface area contributed by atoms with E-state index in [9.17, 15) is 13.2 Å². The molecule has 0 fully saturated rings. The van der Waals surface area contributed by atoms with Gasteiger partial charge in [0.05, 0.1) is 29.6 Å². The molecular weight excluding hydrogens is 363 g/mol. The summed E-state index contributed by atoms with van der Waals surface area (Å²) < 4.78 is 45.4. The van der Waals surface area contributed by atoms with Gasteiger partial charge in [-0.3, -0.25) is 4.68 Å². The first-order valence-corrected chi connectivity index (χ1v) is 7.80. The number of halogens is 3. The summed E-state index contributed by atoms with van der Waals surface area (Å²) in [6.45, 7) is 0. The molecule has 0 aliphatic rings. The maximum Gasteiger partial charge on any atom is 0.435 e. The molecule has 0 saturated heterocycles. The molecule has 0 atom stereocenters. The number of nitrogens with zero attached hydrogens (tertiary/aromatic N) is 7. The monoisotopic (exact) mass is 375 g/mol. The average molecular weight is 375 g/mol. The van der Waals surface area contributed by atoms with Crippen molar-refractivity contribution in [3.8, 4) is 17.1 Å². The van der Waals surface area contributed by atoms with E-state index in [0.717, 1.165) is 10.4 Å². The first-order valence-electron chi connectivity index (χ1n) is 7.80. The normalized spacial score (nSPS) is 11.9. The second-order valence-electron chi connectivity index (χ2n) is 5.71. The van der Waals surface area contributed by atoms with E-state index in [4.69, 9.17) is 4.52 Å². The Balaban J connectivity index is 1.57. The van der Waals surface area contributed by atoms with Crippen LogP contribution in [0.5, 0.6) is 0 Å². The zero-order valence-electron chi connectivity index (χ0n) is 13.9. The number of rotatable bonds is 4. The maximum atomic E-state index is 13.1. The fourth-order valence-corrected chi connectivity index (χ4v) is 2.51. The van der Waals surface area contributed by atoms with Crippen molar-refractivity contribution in [2.75, 3.05) is 0 Å². The molecule has 11 heteroatoms. The van der Waals surface area contributed by atoms with Crippen LogP contribution >= 0.6 is 0 Å². The molecule has 4 rings (SSSR count). The lowest BCUT2D eigenvalue weighted by Gasteiger charge is -2.02. The molecule has 0 aliphatic heterocycles. The van der Waals surface area contributed by atoms with Crippen LogP contribution in [-0.2, 0) is 19.6 Å². The van der Waals surface area contributed by atoms with Crippen LogP contribution < -0.4 is 0 Å². The van der Waals surface area contributed by atoms with E-state index in [1.165, 1.54) is 24.2 Å². The topological polar surface area (TPSA) is 87.5 Å². The second kappa shape index (κ2) is 6.34. The molecule has 8 nitrogen and oxygen atoms in total. The van der Waals surface area contributed by atoms with Crippen LogP contribution in [0.1, 0.15) is 17.3 Å². The minimum atomic E-state index is -4.62. The molecule has 0 amide bonds. The van der Waals surface area contributed by atoms with Gasteiger partial charge in [-0.05, 0) is 12.1 Å². The average Bonchev–Trinajstić information content (AvgIpc) is 3.35. The van der Waals surface area contributed by atoms with Gasteiger partial charge in [0.15, 0.2) is 5.69 Å². The van der Waals surface area contributed by atoms with E-state index in [1.807, 2.05) is 30.3 Å². The van der Waals surface area contributed by atoms with E-state index < -0.39 is 11.9 Å². The Morgan fingerprint density at radius 3 is 2.63 bits per heavy atom. The minimum absolute atomic E-state index is 0.127. The van der Waals surface area contributed by atoms with Gasteiger partial charge in [-0.25, -0.2) is 0 Å². The summed E-state index contributed by atoms with van der Waals surface area (Å²) in [6, 6.07) is 9.27. The van der Waals surface area contributed by atoms with Crippen LogP contribution in [0.15, 0.2) is 47.2 Å². The Hall–Kier alpha value is -3.50. The molecule has 0 saturated carbocycles. The van der Waals surface area contributed by atoms with Gasteiger partial charge in [-0.1, -0.05) is 23.4 Å².